The summed E-state index contributed by atoms with van der Waals surface area (Å²) in [6.45, 7) is 2.84. The van der Waals surface area contributed by atoms with Crippen LogP contribution in [0.15, 0.2) is 4.99 Å². The Morgan fingerprint density at radius 3 is 2.93 bits per heavy atom. The van der Waals surface area contributed by atoms with Crippen molar-refractivity contribution >= 4 is 29.9 Å². The van der Waals surface area contributed by atoms with Gasteiger partial charge in [0, 0.05) is 39.6 Å². The number of nitrogens with one attached hydrogen (secondary N) is 2. The number of rotatable bonds is 5. The summed E-state index contributed by atoms with van der Waals surface area (Å²) in [5.41, 5.74) is 0. The number of fused-ring (bicyclic) bond motifs is 2. The van der Waals surface area contributed by atoms with Crippen LogP contribution in [0.4, 0.5) is 0 Å². The van der Waals surface area contributed by atoms with E-state index in [1.54, 1.807) is 14.2 Å². The van der Waals surface area contributed by atoms with E-state index in [1.807, 2.05) is 4.68 Å². The molecule has 0 aromatic carbocycles. The standard InChI is InChI=1S/C18H29N9O.HI/c1-19-18(20-10-17-24-23-16-6-4-3-5-9-26(16)17)21-13-7-8-15-22-14(12-28-2)25-27(15)11-13;/h13H,3-12H2,1-2H3,(H2,19,20,21);1H. The quantitative estimate of drug-likeness (QED) is 0.348. The lowest BCUT2D eigenvalue weighted by Crippen LogP contribution is -2.47. The van der Waals surface area contributed by atoms with E-state index in [0.717, 1.165) is 61.6 Å². The molecule has 29 heavy (non-hydrogen) atoms. The summed E-state index contributed by atoms with van der Waals surface area (Å²) < 4.78 is 9.36. The van der Waals surface area contributed by atoms with E-state index in [1.165, 1.54) is 19.3 Å². The molecule has 0 amide bonds. The Kier molecular flexibility index (Phi) is 7.81. The van der Waals surface area contributed by atoms with Crippen molar-refractivity contribution in [2.24, 2.45) is 4.99 Å². The molecule has 4 rings (SSSR count). The molecule has 0 saturated heterocycles. The fourth-order valence-electron chi connectivity index (χ4n) is 3.90. The maximum absolute atomic E-state index is 5.13. The molecule has 10 nitrogen and oxygen atoms in total. The van der Waals surface area contributed by atoms with Gasteiger partial charge in [-0.15, -0.1) is 34.2 Å². The molecule has 2 aliphatic rings. The molecule has 2 aliphatic heterocycles. The van der Waals surface area contributed by atoms with Crippen molar-refractivity contribution in [3.63, 3.8) is 0 Å². The lowest BCUT2D eigenvalue weighted by molar-refractivity contribution is 0.177. The Hall–Kier alpha value is -1.76. The van der Waals surface area contributed by atoms with E-state index in [9.17, 15) is 0 Å². The zero-order chi connectivity index (χ0) is 19.3. The Morgan fingerprint density at radius 1 is 1.21 bits per heavy atom. The Bertz CT molecular complexity index is 831. The number of nitrogens with zero attached hydrogens (tertiary/aromatic N) is 7. The molecule has 2 aromatic rings. The van der Waals surface area contributed by atoms with Crippen molar-refractivity contribution in [2.75, 3.05) is 14.2 Å². The molecule has 1 unspecified atom stereocenters. The maximum Gasteiger partial charge on any atom is 0.191 e. The van der Waals surface area contributed by atoms with Gasteiger partial charge in [0.15, 0.2) is 17.6 Å². The van der Waals surface area contributed by atoms with Crippen LogP contribution in [0.5, 0.6) is 0 Å². The Morgan fingerprint density at radius 2 is 2.10 bits per heavy atom. The predicted molar refractivity (Wildman–Crippen MR) is 119 cm³/mol. The highest BCUT2D eigenvalue weighted by molar-refractivity contribution is 14.0. The fourth-order valence-corrected chi connectivity index (χ4v) is 3.90. The number of halogens is 1. The van der Waals surface area contributed by atoms with Crippen molar-refractivity contribution < 1.29 is 4.74 Å². The van der Waals surface area contributed by atoms with Gasteiger partial charge in [-0.25, -0.2) is 9.67 Å². The zero-order valence-electron chi connectivity index (χ0n) is 17.1. The van der Waals surface area contributed by atoms with Gasteiger partial charge in [0.1, 0.15) is 18.3 Å². The van der Waals surface area contributed by atoms with E-state index in [2.05, 4.69) is 40.5 Å². The van der Waals surface area contributed by atoms with Crippen LogP contribution in [-0.4, -0.2) is 55.7 Å². The highest BCUT2D eigenvalue weighted by atomic mass is 127. The number of aryl methyl sites for hydroxylation is 2. The highest BCUT2D eigenvalue weighted by Crippen LogP contribution is 2.15. The lowest BCUT2D eigenvalue weighted by Gasteiger charge is -2.25. The Balaban J connectivity index is 0.00000240. The molecular formula is C18H30IN9O. The van der Waals surface area contributed by atoms with Crippen molar-refractivity contribution in [1.82, 2.24) is 40.2 Å². The minimum atomic E-state index is 0. The van der Waals surface area contributed by atoms with Crippen molar-refractivity contribution in [3.8, 4) is 0 Å². The van der Waals surface area contributed by atoms with Crippen LogP contribution < -0.4 is 10.6 Å². The van der Waals surface area contributed by atoms with Crippen molar-refractivity contribution in [1.29, 1.82) is 0 Å². The van der Waals surface area contributed by atoms with Gasteiger partial charge < -0.3 is 19.9 Å². The van der Waals surface area contributed by atoms with E-state index >= 15 is 0 Å². The summed E-state index contributed by atoms with van der Waals surface area (Å²) in [5, 5.41) is 20.2. The molecule has 4 heterocycles. The molecule has 11 heteroatoms. The van der Waals surface area contributed by atoms with Gasteiger partial charge in [-0.2, -0.15) is 5.10 Å². The van der Waals surface area contributed by atoms with E-state index < -0.39 is 0 Å². The maximum atomic E-state index is 5.13. The summed E-state index contributed by atoms with van der Waals surface area (Å²) in [7, 11) is 3.45. The second kappa shape index (κ2) is 10.3. The van der Waals surface area contributed by atoms with Crippen molar-refractivity contribution in [3.05, 3.63) is 23.3 Å². The average Bonchev–Trinajstić information content (AvgIpc) is 3.20. The average molecular weight is 515 g/mol. The topological polar surface area (TPSA) is 107 Å². The van der Waals surface area contributed by atoms with E-state index in [-0.39, 0.29) is 30.0 Å². The summed E-state index contributed by atoms with van der Waals surface area (Å²) in [4.78, 5) is 8.90. The number of aromatic nitrogens is 6. The first-order chi connectivity index (χ1) is 13.8. The highest BCUT2D eigenvalue weighted by Gasteiger charge is 2.22. The van der Waals surface area contributed by atoms with Crippen LogP contribution in [-0.2, 0) is 43.8 Å². The van der Waals surface area contributed by atoms with Gasteiger partial charge in [0.2, 0.25) is 0 Å². The fraction of sp³-hybridized carbons (Fsp3) is 0.722. The molecule has 0 saturated carbocycles. The van der Waals surface area contributed by atoms with Crippen LogP contribution in [0.2, 0.25) is 0 Å². The van der Waals surface area contributed by atoms with E-state index in [0.29, 0.717) is 13.2 Å². The molecule has 0 radical (unpaired) electrons. The number of methoxy groups -OCH3 is 1. The monoisotopic (exact) mass is 515 g/mol. The summed E-state index contributed by atoms with van der Waals surface area (Å²) in [6, 6.07) is 0.256. The molecule has 2 aromatic heterocycles. The van der Waals surface area contributed by atoms with Gasteiger partial charge in [-0.3, -0.25) is 4.99 Å². The molecule has 160 valence electrons. The summed E-state index contributed by atoms with van der Waals surface area (Å²) >= 11 is 0. The predicted octanol–water partition coefficient (Wildman–Crippen LogP) is 1.04. The first kappa shape index (κ1) is 21.9. The van der Waals surface area contributed by atoms with Crippen LogP contribution in [0.3, 0.4) is 0 Å². The van der Waals surface area contributed by atoms with Crippen molar-refractivity contribution in [2.45, 2.75) is 70.8 Å². The second-order valence-corrected chi connectivity index (χ2v) is 7.36. The number of ether oxygens (including phenoxy) is 1. The van der Waals surface area contributed by atoms with Gasteiger partial charge in [0.05, 0.1) is 13.1 Å². The minimum Gasteiger partial charge on any atom is -0.377 e. The van der Waals surface area contributed by atoms with E-state index in [4.69, 9.17) is 4.74 Å². The number of hydrogen-bond acceptors (Lipinski definition) is 6. The third kappa shape index (κ3) is 5.24. The number of guanidine groups is 1. The molecular weight excluding hydrogens is 485 g/mol. The third-order valence-corrected chi connectivity index (χ3v) is 5.34. The smallest absolute Gasteiger partial charge is 0.191 e. The molecule has 0 aliphatic carbocycles. The van der Waals surface area contributed by atoms with Gasteiger partial charge in [-0.05, 0) is 19.3 Å². The largest absolute Gasteiger partial charge is 0.377 e. The minimum absolute atomic E-state index is 0. The summed E-state index contributed by atoms with van der Waals surface area (Å²) in [6.07, 6.45) is 6.56. The number of aliphatic imine (C=N–C) groups is 1. The number of hydrogen-bond donors (Lipinski definition) is 2. The normalized spacial score (nSPS) is 19.0. The lowest BCUT2D eigenvalue weighted by atomic mass is 10.1. The van der Waals surface area contributed by atoms with Gasteiger partial charge in [-0.1, -0.05) is 6.42 Å². The van der Waals surface area contributed by atoms with Crippen LogP contribution in [0.25, 0.3) is 0 Å². The third-order valence-electron chi connectivity index (χ3n) is 5.34. The Labute approximate surface area is 187 Å². The van der Waals surface area contributed by atoms with Crippen LogP contribution >= 0.6 is 24.0 Å². The SMILES string of the molecule is CN=C(NCc1nnc2n1CCCCC2)NC1CCc2nc(COC)nn2C1.I. The van der Waals surface area contributed by atoms with Crippen LogP contribution in [0.1, 0.15) is 49.0 Å². The molecule has 0 spiro atoms. The molecule has 0 bridgehead atoms. The first-order valence-corrected chi connectivity index (χ1v) is 10.1. The van der Waals surface area contributed by atoms with Gasteiger partial charge in [0.25, 0.3) is 0 Å². The summed E-state index contributed by atoms with van der Waals surface area (Å²) in [5.74, 6) is 4.63. The second-order valence-electron chi connectivity index (χ2n) is 7.36. The molecule has 2 N–H and O–H groups in total. The molecule has 1 atom stereocenters. The zero-order valence-corrected chi connectivity index (χ0v) is 19.4. The first-order valence-electron chi connectivity index (χ1n) is 10.1. The molecule has 0 fully saturated rings. The van der Waals surface area contributed by atoms with Crippen LogP contribution in [0, 0.1) is 0 Å². The van der Waals surface area contributed by atoms with Gasteiger partial charge >= 0.3 is 0 Å².